The van der Waals surface area contributed by atoms with Crippen molar-refractivity contribution in [3.63, 3.8) is 0 Å². The minimum atomic E-state index is 0.214. The lowest BCUT2D eigenvalue weighted by Crippen LogP contribution is -2.42. The molecule has 2 heterocycles. The molecule has 0 bridgehead atoms. The van der Waals surface area contributed by atoms with E-state index in [1.807, 2.05) is 0 Å². The van der Waals surface area contributed by atoms with Crippen molar-refractivity contribution < 1.29 is 9.47 Å². The first-order valence-electron chi connectivity index (χ1n) is 7.75. The first kappa shape index (κ1) is 14.1. The van der Waals surface area contributed by atoms with Gasteiger partial charge in [0.1, 0.15) is 0 Å². The summed E-state index contributed by atoms with van der Waals surface area (Å²) >= 11 is 0. The van der Waals surface area contributed by atoms with Crippen LogP contribution in [0.5, 0.6) is 0 Å². The Morgan fingerprint density at radius 2 is 2.10 bits per heavy atom. The summed E-state index contributed by atoms with van der Waals surface area (Å²) in [6, 6.07) is 6.66. The fourth-order valence-electron chi connectivity index (χ4n) is 3.32. The molecular weight excluding hydrogens is 250 g/mol. The predicted molar refractivity (Wildman–Crippen MR) is 80.0 cm³/mol. The second-order valence-corrected chi connectivity index (χ2v) is 6.11. The Balaban J connectivity index is 1.64. The molecule has 3 nitrogen and oxygen atoms in total. The van der Waals surface area contributed by atoms with Gasteiger partial charge in [0.25, 0.3) is 0 Å². The van der Waals surface area contributed by atoms with Gasteiger partial charge >= 0.3 is 0 Å². The van der Waals surface area contributed by atoms with Crippen LogP contribution in [0.3, 0.4) is 0 Å². The molecule has 0 saturated carbocycles. The molecule has 2 aliphatic rings. The Morgan fingerprint density at radius 1 is 1.20 bits per heavy atom. The van der Waals surface area contributed by atoms with E-state index in [4.69, 9.17) is 9.47 Å². The number of hydrogen-bond acceptors (Lipinski definition) is 3. The minimum Gasteiger partial charge on any atom is -0.377 e. The Bertz CT molecular complexity index is 454. The van der Waals surface area contributed by atoms with Gasteiger partial charge in [-0.1, -0.05) is 23.8 Å². The maximum Gasteiger partial charge on any atom is 0.0954 e. The summed E-state index contributed by atoms with van der Waals surface area (Å²) in [5.74, 6) is 0. The largest absolute Gasteiger partial charge is 0.377 e. The molecule has 2 fully saturated rings. The van der Waals surface area contributed by atoms with E-state index >= 15 is 0 Å². The molecule has 1 aromatic carbocycles. The van der Waals surface area contributed by atoms with Gasteiger partial charge in [-0.25, -0.2) is 0 Å². The van der Waals surface area contributed by atoms with Gasteiger partial charge in [-0.05, 0) is 37.8 Å². The standard InChI is InChI=1S/C17H25NO2/c1-13-5-6-16(14(2)10-13)17-12-18(7-9-20-17)11-15-4-3-8-19-15/h5-6,10,15,17H,3-4,7-9,11-12H2,1-2H3. The quantitative estimate of drug-likeness (QED) is 0.846. The Morgan fingerprint density at radius 3 is 2.85 bits per heavy atom. The molecule has 2 unspecified atom stereocenters. The topological polar surface area (TPSA) is 21.7 Å². The molecule has 0 N–H and O–H groups in total. The van der Waals surface area contributed by atoms with Gasteiger partial charge in [-0.2, -0.15) is 0 Å². The van der Waals surface area contributed by atoms with Crippen molar-refractivity contribution in [2.75, 3.05) is 32.8 Å². The van der Waals surface area contributed by atoms with Gasteiger partial charge in [0.15, 0.2) is 0 Å². The molecule has 0 aromatic heterocycles. The first-order valence-corrected chi connectivity index (χ1v) is 7.75. The summed E-state index contributed by atoms with van der Waals surface area (Å²) in [6.45, 7) is 9.17. The van der Waals surface area contributed by atoms with Gasteiger partial charge in [0.05, 0.1) is 18.8 Å². The van der Waals surface area contributed by atoms with Crippen molar-refractivity contribution >= 4 is 0 Å². The van der Waals surface area contributed by atoms with Gasteiger partial charge in [0.2, 0.25) is 0 Å². The number of benzene rings is 1. The summed E-state index contributed by atoms with van der Waals surface area (Å²) in [4.78, 5) is 2.50. The first-order chi connectivity index (χ1) is 9.72. The monoisotopic (exact) mass is 275 g/mol. The summed E-state index contributed by atoms with van der Waals surface area (Å²) in [5.41, 5.74) is 4.00. The lowest BCUT2D eigenvalue weighted by atomic mass is 10.00. The zero-order valence-corrected chi connectivity index (χ0v) is 12.6. The highest BCUT2D eigenvalue weighted by Gasteiger charge is 2.26. The SMILES string of the molecule is Cc1ccc(C2CN(CC3CCCO3)CCO2)c(C)c1. The van der Waals surface area contributed by atoms with Crippen molar-refractivity contribution in [3.8, 4) is 0 Å². The van der Waals surface area contributed by atoms with Crippen LogP contribution in [0.1, 0.15) is 35.6 Å². The van der Waals surface area contributed by atoms with Crippen LogP contribution in [0.2, 0.25) is 0 Å². The van der Waals surface area contributed by atoms with Crippen molar-refractivity contribution in [1.29, 1.82) is 0 Å². The van der Waals surface area contributed by atoms with Crippen molar-refractivity contribution in [3.05, 3.63) is 34.9 Å². The van der Waals surface area contributed by atoms with E-state index in [0.29, 0.717) is 6.10 Å². The van der Waals surface area contributed by atoms with Crippen molar-refractivity contribution in [1.82, 2.24) is 4.90 Å². The number of morpholine rings is 1. The Hall–Kier alpha value is -0.900. The van der Waals surface area contributed by atoms with E-state index in [2.05, 4.69) is 36.9 Å². The Labute approximate surface area is 121 Å². The minimum absolute atomic E-state index is 0.214. The van der Waals surface area contributed by atoms with Gasteiger partial charge < -0.3 is 9.47 Å². The number of nitrogens with zero attached hydrogens (tertiary/aromatic N) is 1. The van der Waals surface area contributed by atoms with Crippen LogP contribution in [-0.2, 0) is 9.47 Å². The van der Waals surface area contributed by atoms with Crippen LogP contribution in [0.25, 0.3) is 0 Å². The molecule has 2 aliphatic heterocycles. The summed E-state index contributed by atoms with van der Waals surface area (Å²) in [6.07, 6.45) is 3.08. The summed E-state index contributed by atoms with van der Waals surface area (Å²) < 4.78 is 11.8. The van der Waals surface area contributed by atoms with Crippen LogP contribution in [0, 0.1) is 13.8 Å². The second kappa shape index (κ2) is 6.25. The van der Waals surface area contributed by atoms with Gasteiger partial charge in [-0.15, -0.1) is 0 Å². The summed E-state index contributed by atoms with van der Waals surface area (Å²) in [7, 11) is 0. The average molecular weight is 275 g/mol. The second-order valence-electron chi connectivity index (χ2n) is 6.11. The van der Waals surface area contributed by atoms with E-state index in [0.717, 1.165) is 32.8 Å². The average Bonchev–Trinajstić information content (AvgIpc) is 2.92. The zero-order valence-electron chi connectivity index (χ0n) is 12.6. The third-order valence-electron chi connectivity index (χ3n) is 4.41. The highest BCUT2D eigenvalue weighted by atomic mass is 16.5. The molecule has 0 spiro atoms. The molecule has 2 atom stereocenters. The number of rotatable bonds is 3. The van der Waals surface area contributed by atoms with Crippen LogP contribution < -0.4 is 0 Å². The molecule has 0 aliphatic carbocycles. The smallest absolute Gasteiger partial charge is 0.0954 e. The zero-order chi connectivity index (χ0) is 13.9. The molecule has 2 saturated heterocycles. The highest BCUT2D eigenvalue weighted by Crippen LogP contribution is 2.26. The molecule has 0 amide bonds. The molecule has 3 heteroatoms. The van der Waals surface area contributed by atoms with Crippen LogP contribution in [0.15, 0.2) is 18.2 Å². The maximum atomic E-state index is 6.00. The fourth-order valence-corrected chi connectivity index (χ4v) is 3.32. The van der Waals surface area contributed by atoms with Crippen LogP contribution in [0.4, 0.5) is 0 Å². The third-order valence-corrected chi connectivity index (χ3v) is 4.41. The third kappa shape index (κ3) is 3.22. The normalized spacial score (nSPS) is 27.9. The van der Waals surface area contributed by atoms with E-state index in [9.17, 15) is 0 Å². The fraction of sp³-hybridized carbons (Fsp3) is 0.647. The lowest BCUT2D eigenvalue weighted by Gasteiger charge is -2.35. The maximum absolute atomic E-state index is 6.00. The number of ether oxygens (including phenoxy) is 2. The van der Waals surface area contributed by atoms with Crippen molar-refractivity contribution in [2.45, 2.75) is 38.9 Å². The molecule has 110 valence electrons. The van der Waals surface area contributed by atoms with E-state index in [-0.39, 0.29) is 6.10 Å². The van der Waals surface area contributed by atoms with E-state index in [1.54, 1.807) is 0 Å². The van der Waals surface area contributed by atoms with Crippen LogP contribution >= 0.6 is 0 Å². The van der Waals surface area contributed by atoms with E-state index in [1.165, 1.54) is 29.5 Å². The molecule has 3 rings (SSSR count). The molecule has 0 radical (unpaired) electrons. The molecule has 1 aromatic rings. The molecular formula is C17H25NO2. The van der Waals surface area contributed by atoms with Crippen LogP contribution in [-0.4, -0.2) is 43.9 Å². The molecule has 20 heavy (non-hydrogen) atoms. The van der Waals surface area contributed by atoms with E-state index < -0.39 is 0 Å². The van der Waals surface area contributed by atoms with Crippen molar-refractivity contribution in [2.24, 2.45) is 0 Å². The predicted octanol–water partition coefficient (Wildman–Crippen LogP) is 2.86. The highest BCUT2D eigenvalue weighted by molar-refractivity contribution is 5.32. The number of aryl methyl sites for hydroxylation is 2. The summed E-state index contributed by atoms with van der Waals surface area (Å²) in [5, 5.41) is 0. The number of hydrogen-bond donors (Lipinski definition) is 0. The van der Waals surface area contributed by atoms with Gasteiger partial charge in [-0.3, -0.25) is 4.90 Å². The lowest BCUT2D eigenvalue weighted by molar-refractivity contribution is -0.0448. The Kier molecular flexibility index (Phi) is 4.39. The van der Waals surface area contributed by atoms with Gasteiger partial charge in [0, 0.05) is 26.2 Å².